The number of phenolic OH excluding ortho intramolecular Hbond substituents is 1. The van der Waals surface area contributed by atoms with Crippen molar-refractivity contribution in [1.29, 1.82) is 0 Å². The summed E-state index contributed by atoms with van der Waals surface area (Å²) in [5.41, 5.74) is 0.661. The number of rotatable bonds is 4. The lowest BCUT2D eigenvalue weighted by atomic mass is 9.95. The number of H-pyrrole nitrogens is 1. The van der Waals surface area contributed by atoms with Crippen LogP contribution in [0.1, 0.15) is 40.3 Å². The van der Waals surface area contributed by atoms with Gasteiger partial charge in [0, 0.05) is 22.5 Å². The SMILES string of the molecule is Cc1cc(C(=O)C2=CC3=C(CC2)Nc2nc(C(F)(F)F)ccc2CN3S(=O)(=O)c2ccc(O)cc2)n[nH]1. The Balaban J connectivity index is 1.65. The fraction of sp³-hybridized carbons (Fsp3) is 0.208. The number of sulfonamides is 1. The van der Waals surface area contributed by atoms with Crippen molar-refractivity contribution in [2.24, 2.45) is 0 Å². The molecule has 0 saturated carbocycles. The molecular formula is C24H20F3N5O4S. The zero-order valence-corrected chi connectivity index (χ0v) is 20.1. The third-order valence-electron chi connectivity index (χ3n) is 6.04. The van der Waals surface area contributed by atoms with E-state index in [9.17, 15) is 31.5 Å². The molecule has 1 aromatic carbocycles. The number of benzene rings is 1. The van der Waals surface area contributed by atoms with E-state index in [0.717, 1.165) is 10.4 Å². The Morgan fingerprint density at radius 1 is 1.11 bits per heavy atom. The molecule has 0 atom stereocenters. The summed E-state index contributed by atoms with van der Waals surface area (Å²) < 4.78 is 68.5. The van der Waals surface area contributed by atoms with Crippen molar-refractivity contribution in [3.8, 4) is 5.75 Å². The summed E-state index contributed by atoms with van der Waals surface area (Å²) in [6.45, 7) is 1.40. The van der Waals surface area contributed by atoms with E-state index in [1.54, 1.807) is 13.0 Å². The summed E-state index contributed by atoms with van der Waals surface area (Å²) >= 11 is 0. The standard InChI is InChI=1S/C24H20F3N5O4S/c1-13-10-19(31-30-13)22(34)14-2-8-18-20(11-14)32(37(35,36)17-6-4-16(33)5-7-17)12-15-3-9-21(24(25,26)27)29-23(15)28-18/h3-7,9-11,33H,2,8,12H2,1H3,(H,28,29)(H,30,31). The molecule has 5 rings (SSSR count). The van der Waals surface area contributed by atoms with E-state index in [-0.39, 0.29) is 52.8 Å². The zero-order chi connectivity index (χ0) is 26.5. The summed E-state index contributed by atoms with van der Waals surface area (Å²) in [5.74, 6) is -0.640. The first-order chi connectivity index (χ1) is 17.4. The van der Waals surface area contributed by atoms with E-state index in [0.29, 0.717) is 17.0 Å². The number of Topliss-reactive ketones (excluding diaryl/α,β-unsaturated/α-hetero) is 1. The number of hydrogen-bond acceptors (Lipinski definition) is 7. The molecule has 3 N–H and O–H groups in total. The topological polar surface area (TPSA) is 128 Å². The van der Waals surface area contributed by atoms with Gasteiger partial charge in [-0.15, -0.1) is 0 Å². The van der Waals surface area contributed by atoms with E-state index in [1.165, 1.54) is 36.4 Å². The molecule has 0 amide bonds. The monoisotopic (exact) mass is 531 g/mol. The van der Waals surface area contributed by atoms with Gasteiger partial charge in [-0.05, 0) is 62.2 Å². The zero-order valence-electron chi connectivity index (χ0n) is 19.3. The molecule has 0 radical (unpaired) electrons. The molecule has 192 valence electrons. The number of aromatic nitrogens is 3. The number of carbonyl (C=O) groups is 1. The van der Waals surface area contributed by atoms with Crippen LogP contribution in [0, 0.1) is 6.92 Å². The molecule has 13 heteroatoms. The quantitative estimate of drug-likeness (QED) is 0.429. The maximum atomic E-state index is 13.7. The lowest BCUT2D eigenvalue weighted by molar-refractivity contribution is -0.141. The number of ketones is 1. The Bertz CT molecular complexity index is 1570. The molecule has 9 nitrogen and oxygen atoms in total. The molecule has 0 spiro atoms. The number of carbonyl (C=O) groups excluding carboxylic acids is 1. The largest absolute Gasteiger partial charge is 0.508 e. The maximum Gasteiger partial charge on any atom is 0.433 e. The van der Waals surface area contributed by atoms with Gasteiger partial charge in [-0.3, -0.25) is 14.2 Å². The Morgan fingerprint density at radius 3 is 2.49 bits per heavy atom. The summed E-state index contributed by atoms with van der Waals surface area (Å²) in [4.78, 5) is 16.7. The second-order valence-corrected chi connectivity index (χ2v) is 10.5. The number of aromatic amines is 1. The minimum atomic E-state index is -4.69. The van der Waals surface area contributed by atoms with Gasteiger partial charge in [0.15, 0.2) is 0 Å². The van der Waals surface area contributed by atoms with Crippen LogP contribution in [0.5, 0.6) is 5.75 Å². The van der Waals surface area contributed by atoms with Crippen molar-refractivity contribution >= 4 is 21.6 Å². The molecule has 0 unspecified atom stereocenters. The first-order valence-corrected chi connectivity index (χ1v) is 12.5. The molecule has 0 saturated heterocycles. The number of aryl methyl sites for hydroxylation is 1. The third kappa shape index (κ3) is 4.57. The second-order valence-electron chi connectivity index (χ2n) is 8.63. The highest BCUT2D eigenvalue weighted by atomic mass is 32.2. The van der Waals surface area contributed by atoms with Crippen LogP contribution in [0.25, 0.3) is 0 Å². The van der Waals surface area contributed by atoms with Gasteiger partial charge < -0.3 is 10.4 Å². The highest BCUT2D eigenvalue weighted by Gasteiger charge is 2.37. The van der Waals surface area contributed by atoms with Crippen LogP contribution >= 0.6 is 0 Å². The van der Waals surface area contributed by atoms with Gasteiger partial charge >= 0.3 is 6.18 Å². The Morgan fingerprint density at radius 2 is 1.84 bits per heavy atom. The molecule has 3 heterocycles. The van der Waals surface area contributed by atoms with E-state index in [2.05, 4.69) is 20.5 Å². The number of aromatic hydroxyl groups is 1. The van der Waals surface area contributed by atoms with Crippen LogP contribution in [0.4, 0.5) is 19.0 Å². The first kappa shape index (κ1) is 24.6. The summed E-state index contributed by atoms with van der Waals surface area (Å²) in [6, 6.07) is 8.42. The number of nitrogens with zero attached hydrogens (tertiary/aromatic N) is 3. The van der Waals surface area contributed by atoms with E-state index < -0.39 is 27.7 Å². The van der Waals surface area contributed by atoms with Crippen molar-refractivity contribution < 1.29 is 31.5 Å². The van der Waals surface area contributed by atoms with Crippen LogP contribution in [-0.4, -0.2) is 38.8 Å². The minimum absolute atomic E-state index is 0.112. The van der Waals surface area contributed by atoms with Crippen LogP contribution in [0.15, 0.2) is 70.4 Å². The number of anilines is 1. The van der Waals surface area contributed by atoms with Gasteiger partial charge in [-0.2, -0.15) is 18.3 Å². The van der Waals surface area contributed by atoms with E-state index >= 15 is 0 Å². The number of pyridine rings is 1. The molecule has 0 bridgehead atoms. The molecular weight excluding hydrogens is 511 g/mol. The number of hydrogen-bond donors (Lipinski definition) is 3. The first-order valence-electron chi connectivity index (χ1n) is 11.1. The smallest absolute Gasteiger partial charge is 0.433 e. The molecule has 1 aliphatic carbocycles. The van der Waals surface area contributed by atoms with Gasteiger partial charge in [-0.25, -0.2) is 13.4 Å². The number of halogens is 3. The summed E-state index contributed by atoms with van der Waals surface area (Å²) in [7, 11) is -4.27. The predicted molar refractivity (Wildman–Crippen MR) is 126 cm³/mol. The second kappa shape index (κ2) is 8.76. The molecule has 1 aliphatic heterocycles. The highest BCUT2D eigenvalue weighted by Crippen LogP contribution is 2.38. The third-order valence-corrected chi connectivity index (χ3v) is 7.81. The predicted octanol–water partition coefficient (Wildman–Crippen LogP) is 4.27. The van der Waals surface area contributed by atoms with Crippen molar-refractivity contribution in [3.05, 3.63) is 88.2 Å². The lowest BCUT2D eigenvalue weighted by Gasteiger charge is -2.28. The fourth-order valence-corrected chi connectivity index (χ4v) is 5.63. The van der Waals surface area contributed by atoms with E-state index in [1.807, 2.05) is 0 Å². The summed E-state index contributed by atoms with van der Waals surface area (Å²) in [6.07, 6.45) is -2.91. The van der Waals surface area contributed by atoms with Gasteiger partial charge in [0.25, 0.3) is 10.0 Å². The van der Waals surface area contributed by atoms with Crippen molar-refractivity contribution in [2.75, 3.05) is 5.32 Å². The van der Waals surface area contributed by atoms with E-state index in [4.69, 9.17) is 0 Å². The van der Waals surface area contributed by atoms with Crippen LogP contribution in [0.3, 0.4) is 0 Å². The molecule has 0 fully saturated rings. The molecule has 3 aromatic rings. The Labute approximate surface area is 209 Å². The van der Waals surface area contributed by atoms with Crippen LogP contribution in [-0.2, 0) is 22.7 Å². The van der Waals surface area contributed by atoms with Crippen molar-refractivity contribution in [3.63, 3.8) is 0 Å². The Hall–Kier alpha value is -4.13. The van der Waals surface area contributed by atoms with Gasteiger partial charge in [0.05, 0.1) is 17.1 Å². The van der Waals surface area contributed by atoms with Crippen LogP contribution in [0.2, 0.25) is 0 Å². The maximum absolute atomic E-state index is 13.7. The van der Waals surface area contributed by atoms with Crippen molar-refractivity contribution in [1.82, 2.24) is 19.5 Å². The average Bonchev–Trinajstić information content (AvgIpc) is 3.21. The van der Waals surface area contributed by atoms with Crippen LogP contribution < -0.4 is 5.32 Å². The summed E-state index contributed by atoms with van der Waals surface area (Å²) in [5, 5.41) is 19.2. The minimum Gasteiger partial charge on any atom is -0.508 e. The number of allylic oxidation sites excluding steroid dienone is 3. The highest BCUT2D eigenvalue weighted by molar-refractivity contribution is 7.89. The molecule has 2 aliphatic rings. The number of phenols is 1. The van der Waals surface area contributed by atoms with Crippen molar-refractivity contribution in [2.45, 2.75) is 37.4 Å². The van der Waals surface area contributed by atoms with Gasteiger partial charge in [-0.1, -0.05) is 6.07 Å². The normalized spacial score (nSPS) is 15.9. The Kier molecular flexibility index (Phi) is 5.82. The lowest BCUT2D eigenvalue weighted by Crippen LogP contribution is -2.31. The number of nitrogens with one attached hydrogen (secondary N) is 2. The van der Waals surface area contributed by atoms with Gasteiger partial charge in [0.2, 0.25) is 5.78 Å². The number of fused-ring (bicyclic) bond motifs is 1. The molecule has 2 aromatic heterocycles. The molecule has 37 heavy (non-hydrogen) atoms. The number of alkyl halides is 3. The van der Waals surface area contributed by atoms with Gasteiger partial charge in [0.1, 0.15) is 23.0 Å². The average molecular weight is 532 g/mol. The fourth-order valence-electron chi connectivity index (χ4n) is 4.16.